The molecular weight excluding hydrogens is 386 g/mol. The van der Waals surface area contributed by atoms with Crippen LogP contribution in [-0.4, -0.2) is 41.9 Å². The van der Waals surface area contributed by atoms with Gasteiger partial charge in [0, 0.05) is 12.7 Å². The Hall–Kier alpha value is -3.13. The van der Waals surface area contributed by atoms with Gasteiger partial charge in [0.05, 0.1) is 18.8 Å². The first-order chi connectivity index (χ1) is 14.5. The Labute approximate surface area is 175 Å². The molecule has 160 valence electrons. The number of benzene rings is 1. The van der Waals surface area contributed by atoms with E-state index in [0.717, 1.165) is 6.54 Å². The number of esters is 1. The Morgan fingerprint density at radius 3 is 2.73 bits per heavy atom. The molecule has 0 fully saturated rings. The van der Waals surface area contributed by atoms with Crippen molar-refractivity contribution in [3.63, 3.8) is 0 Å². The number of nitrogens with zero attached hydrogens (tertiary/aromatic N) is 2. The van der Waals surface area contributed by atoms with Gasteiger partial charge in [-0.2, -0.15) is 4.98 Å². The van der Waals surface area contributed by atoms with E-state index < -0.39 is 17.9 Å². The third kappa shape index (κ3) is 5.70. The van der Waals surface area contributed by atoms with Crippen LogP contribution in [0.1, 0.15) is 36.9 Å². The van der Waals surface area contributed by atoms with Gasteiger partial charge in [-0.05, 0) is 48.7 Å². The summed E-state index contributed by atoms with van der Waals surface area (Å²) >= 11 is 0. The second kappa shape index (κ2) is 10.1. The summed E-state index contributed by atoms with van der Waals surface area (Å²) in [5.74, 6) is 1.21. The van der Waals surface area contributed by atoms with Gasteiger partial charge < -0.3 is 19.5 Å². The van der Waals surface area contributed by atoms with Gasteiger partial charge in [-0.15, -0.1) is 0 Å². The number of aromatic nitrogens is 2. The second-order valence-electron chi connectivity index (χ2n) is 7.42. The Morgan fingerprint density at radius 1 is 1.30 bits per heavy atom. The number of methoxy groups -OCH3 is 1. The molecule has 1 aromatic carbocycles. The Morgan fingerprint density at radius 2 is 2.07 bits per heavy atom. The fourth-order valence-electron chi connectivity index (χ4n) is 2.90. The van der Waals surface area contributed by atoms with Crippen molar-refractivity contribution in [3.8, 4) is 5.75 Å². The molecule has 1 N–H and O–H groups in total. The maximum Gasteiger partial charge on any atom is 0.351 e. The maximum absolute atomic E-state index is 12.4. The first-order valence-electron chi connectivity index (χ1n) is 9.92. The Kier molecular flexibility index (Phi) is 7.24. The van der Waals surface area contributed by atoms with E-state index in [1.165, 1.54) is 4.57 Å². The van der Waals surface area contributed by atoms with Crippen LogP contribution < -0.4 is 15.7 Å². The molecule has 0 saturated carbocycles. The summed E-state index contributed by atoms with van der Waals surface area (Å²) < 4.78 is 17.8. The van der Waals surface area contributed by atoms with Gasteiger partial charge in [0.1, 0.15) is 18.2 Å². The predicted molar refractivity (Wildman–Crippen MR) is 113 cm³/mol. The smallest absolute Gasteiger partial charge is 0.351 e. The molecule has 1 aromatic heterocycles. The highest BCUT2D eigenvalue weighted by Gasteiger charge is 2.22. The van der Waals surface area contributed by atoms with Gasteiger partial charge in [-0.25, -0.2) is 9.59 Å². The van der Waals surface area contributed by atoms with Crippen LogP contribution in [0.3, 0.4) is 0 Å². The molecule has 0 unspecified atom stereocenters. The molecular formula is C22H27N3O5. The number of rotatable bonds is 8. The molecule has 3 rings (SSSR count). The van der Waals surface area contributed by atoms with Crippen molar-refractivity contribution < 1.29 is 19.0 Å². The molecule has 1 aliphatic heterocycles. The normalized spacial score (nSPS) is 18.3. The van der Waals surface area contributed by atoms with Crippen molar-refractivity contribution in [1.82, 2.24) is 9.55 Å². The summed E-state index contributed by atoms with van der Waals surface area (Å²) in [7, 11) is 1.56. The van der Waals surface area contributed by atoms with Gasteiger partial charge in [-0.3, -0.25) is 4.57 Å². The van der Waals surface area contributed by atoms with E-state index in [1.54, 1.807) is 49.7 Å². The summed E-state index contributed by atoms with van der Waals surface area (Å²) in [5.41, 5.74) is 0.0258. The number of anilines is 1. The zero-order valence-corrected chi connectivity index (χ0v) is 17.4. The van der Waals surface area contributed by atoms with Gasteiger partial charge in [0.15, 0.2) is 6.23 Å². The van der Waals surface area contributed by atoms with Crippen molar-refractivity contribution in [3.05, 3.63) is 64.7 Å². The van der Waals surface area contributed by atoms with Crippen LogP contribution in [0, 0.1) is 5.92 Å². The highest BCUT2D eigenvalue weighted by molar-refractivity contribution is 5.89. The van der Waals surface area contributed by atoms with Crippen LogP contribution in [-0.2, 0) is 9.47 Å². The molecule has 30 heavy (non-hydrogen) atoms. The number of nitrogens with one attached hydrogen (secondary N) is 1. The Balaban J connectivity index is 1.57. The van der Waals surface area contributed by atoms with E-state index in [4.69, 9.17) is 14.2 Å². The average Bonchev–Trinajstić information content (AvgIpc) is 2.76. The fraction of sp³-hybridized carbons (Fsp3) is 0.409. The maximum atomic E-state index is 12.4. The van der Waals surface area contributed by atoms with Crippen molar-refractivity contribution in [1.29, 1.82) is 0 Å². The van der Waals surface area contributed by atoms with Crippen LogP contribution in [0.25, 0.3) is 0 Å². The fourth-order valence-corrected chi connectivity index (χ4v) is 2.90. The standard InChI is InChI=1S/C22H27N3O5/c1-15(2)13-23-19-11-12-25(22(27)24-19)20-6-4-5-18(30-20)14-29-21(26)16-7-9-17(28-3)10-8-16/h4,6-12,15,18,20H,5,13-14H2,1-3H3,(H,23,24,27)/t18-,20-/m0/s1. The summed E-state index contributed by atoms with van der Waals surface area (Å²) in [6.45, 7) is 4.98. The molecule has 0 bridgehead atoms. The number of carbonyl (C=O) groups is 1. The molecule has 1 aliphatic rings. The first kappa shape index (κ1) is 21.6. The van der Waals surface area contributed by atoms with Gasteiger partial charge in [0.25, 0.3) is 0 Å². The van der Waals surface area contributed by atoms with Crippen molar-refractivity contribution in [2.24, 2.45) is 5.92 Å². The van der Waals surface area contributed by atoms with E-state index in [1.807, 2.05) is 6.08 Å². The van der Waals surface area contributed by atoms with Gasteiger partial charge in [0.2, 0.25) is 0 Å². The van der Waals surface area contributed by atoms with Crippen molar-refractivity contribution >= 4 is 11.8 Å². The van der Waals surface area contributed by atoms with Crippen molar-refractivity contribution in [2.75, 3.05) is 25.6 Å². The Bertz CT molecular complexity index is 937. The predicted octanol–water partition coefficient (Wildman–Crippen LogP) is 3.02. The summed E-state index contributed by atoms with van der Waals surface area (Å²) in [6.07, 6.45) is 5.00. The monoisotopic (exact) mass is 413 g/mol. The third-order valence-corrected chi connectivity index (χ3v) is 4.55. The van der Waals surface area contributed by atoms with E-state index in [0.29, 0.717) is 29.5 Å². The molecule has 0 spiro atoms. The third-order valence-electron chi connectivity index (χ3n) is 4.55. The molecule has 0 aliphatic carbocycles. The lowest BCUT2D eigenvalue weighted by Crippen LogP contribution is -2.33. The van der Waals surface area contributed by atoms with E-state index >= 15 is 0 Å². The minimum atomic E-state index is -0.595. The second-order valence-corrected chi connectivity index (χ2v) is 7.42. The largest absolute Gasteiger partial charge is 0.497 e. The molecule has 0 amide bonds. The van der Waals surface area contributed by atoms with E-state index in [-0.39, 0.29) is 12.7 Å². The van der Waals surface area contributed by atoms with Crippen molar-refractivity contribution in [2.45, 2.75) is 32.6 Å². The SMILES string of the molecule is COc1ccc(C(=O)OC[C@@H]2CC=C[C@@H](n3ccc(NCC(C)C)nc3=O)O2)cc1. The lowest BCUT2D eigenvalue weighted by Gasteiger charge is -2.26. The summed E-state index contributed by atoms with van der Waals surface area (Å²) in [5, 5.41) is 3.13. The summed E-state index contributed by atoms with van der Waals surface area (Å²) in [4.78, 5) is 28.7. The number of hydrogen-bond acceptors (Lipinski definition) is 7. The first-order valence-corrected chi connectivity index (χ1v) is 9.92. The van der Waals surface area contributed by atoms with Crippen LogP contribution in [0.5, 0.6) is 5.75 Å². The lowest BCUT2D eigenvalue weighted by molar-refractivity contribution is -0.0638. The average molecular weight is 413 g/mol. The minimum Gasteiger partial charge on any atom is -0.497 e. The quantitative estimate of drug-likeness (QED) is 0.525. The molecule has 2 atom stereocenters. The molecule has 2 heterocycles. The molecule has 2 aromatic rings. The zero-order chi connectivity index (χ0) is 21.5. The van der Waals surface area contributed by atoms with Gasteiger partial charge in [-0.1, -0.05) is 19.9 Å². The summed E-state index contributed by atoms with van der Waals surface area (Å²) in [6, 6.07) is 8.43. The lowest BCUT2D eigenvalue weighted by atomic mass is 10.2. The number of carbonyl (C=O) groups excluding carboxylic acids is 1. The van der Waals surface area contributed by atoms with Crippen LogP contribution in [0.2, 0.25) is 0 Å². The van der Waals surface area contributed by atoms with Gasteiger partial charge >= 0.3 is 11.7 Å². The topological polar surface area (TPSA) is 91.7 Å². The molecule has 8 nitrogen and oxygen atoms in total. The van der Waals surface area contributed by atoms with E-state index in [9.17, 15) is 9.59 Å². The van der Waals surface area contributed by atoms with Crippen LogP contribution >= 0.6 is 0 Å². The highest BCUT2D eigenvalue weighted by atomic mass is 16.6. The number of ether oxygens (including phenoxy) is 3. The van der Waals surface area contributed by atoms with Crippen LogP contribution in [0.4, 0.5) is 5.82 Å². The molecule has 8 heteroatoms. The molecule has 0 radical (unpaired) electrons. The number of hydrogen-bond donors (Lipinski definition) is 1. The minimum absolute atomic E-state index is 0.0852. The van der Waals surface area contributed by atoms with E-state index in [2.05, 4.69) is 24.1 Å². The molecule has 0 saturated heterocycles. The highest BCUT2D eigenvalue weighted by Crippen LogP contribution is 2.20. The zero-order valence-electron chi connectivity index (χ0n) is 17.4. The van der Waals surface area contributed by atoms with Crippen LogP contribution in [0.15, 0.2) is 53.5 Å².